The monoisotopic (exact) mass is 448 g/mol. The number of rotatable bonds is 12. The van der Waals surface area contributed by atoms with Gasteiger partial charge < -0.3 is 14.8 Å². The van der Waals surface area contributed by atoms with Crippen molar-refractivity contribution in [3.05, 3.63) is 53.6 Å². The van der Waals surface area contributed by atoms with Crippen LogP contribution in [0.1, 0.15) is 37.8 Å². The molecule has 7 nitrogen and oxygen atoms in total. The van der Waals surface area contributed by atoms with Crippen molar-refractivity contribution in [2.24, 2.45) is 0 Å². The first-order valence-electron chi connectivity index (χ1n) is 10.4. The maximum absolute atomic E-state index is 12.3. The lowest BCUT2D eigenvalue weighted by atomic mass is 10.2. The van der Waals surface area contributed by atoms with Gasteiger partial charge in [0.25, 0.3) is 0 Å². The van der Waals surface area contributed by atoms with Crippen LogP contribution in [0.3, 0.4) is 0 Å². The van der Waals surface area contributed by atoms with Crippen molar-refractivity contribution in [3.8, 4) is 11.5 Å². The third-order valence-electron chi connectivity index (χ3n) is 4.58. The van der Waals surface area contributed by atoms with Gasteiger partial charge in [-0.2, -0.15) is 0 Å². The molecule has 0 aliphatic heterocycles. The molecule has 0 atom stereocenters. The van der Waals surface area contributed by atoms with Gasteiger partial charge in [0.2, 0.25) is 15.9 Å². The molecule has 0 saturated heterocycles. The number of nitrogens with zero attached hydrogens (tertiary/aromatic N) is 1. The molecule has 2 rings (SSSR count). The molecule has 0 bridgehead atoms. The van der Waals surface area contributed by atoms with Gasteiger partial charge in [-0.1, -0.05) is 23.8 Å². The largest absolute Gasteiger partial charge is 0.490 e. The van der Waals surface area contributed by atoms with Crippen molar-refractivity contribution in [2.45, 2.75) is 40.2 Å². The van der Waals surface area contributed by atoms with Crippen molar-refractivity contribution >= 4 is 21.6 Å². The SMILES string of the molecule is CCOc1ccc(CNC(=O)CCCN(c2ccc(C)cc2)S(C)(=O)=O)cc1OCC. The minimum absolute atomic E-state index is 0.135. The number of aryl methyl sites for hydroxylation is 1. The number of carbonyl (C=O) groups excluding carboxylic acids is 1. The van der Waals surface area contributed by atoms with E-state index in [9.17, 15) is 13.2 Å². The highest BCUT2D eigenvalue weighted by Gasteiger charge is 2.17. The summed E-state index contributed by atoms with van der Waals surface area (Å²) in [5.74, 6) is 1.19. The first kappa shape index (κ1) is 24.5. The molecule has 0 aliphatic rings. The van der Waals surface area contributed by atoms with E-state index >= 15 is 0 Å². The number of anilines is 1. The zero-order valence-corrected chi connectivity index (χ0v) is 19.5. The lowest BCUT2D eigenvalue weighted by molar-refractivity contribution is -0.121. The Hall–Kier alpha value is -2.74. The van der Waals surface area contributed by atoms with Crippen LogP contribution in [0.25, 0.3) is 0 Å². The summed E-state index contributed by atoms with van der Waals surface area (Å²) in [6.07, 6.45) is 1.82. The highest BCUT2D eigenvalue weighted by molar-refractivity contribution is 7.92. The first-order valence-corrected chi connectivity index (χ1v) is 12.3. The Labute approximate surface area is 185 Å². The molecule has 31 heavy (non-hydrogen) atoms. The molecule has 8 heteroatoms. The number of nitrogens with one attached hydrogen (secondary N) is 1. The van der Waals surface area contributed by atoms with E-state index in [1.165, 1.54) is 10.6 Å². The molecule has 0 radical (unpaired) electrons. The van der Waals surface area contributed by atoms with E-state index in [-0.39, 0.29) is 18.9 Å². The summed E-state index contributed by atoms with van der Waals surface area (Å²) in [6, 6.07) is 12.9. The molecule has 0 aliphatic carbocycles. The Morgan fingerprint density at radius 2 is 1.65 bits per heavy atom. The minimum Gasteiger partial charge on any atom is -0.490 e. The molecule has 0 aromatic heterocycles. The lowest BCUT2D eigenvalue weighted by Gasteiger charge is -2.22. The van der Waals surface area contributed by atoms with E-state index in [0.717, 1.165) is 11.1 Å². The van der Waals surface area contributed by atoms with Crippen LogP contribution in [0.2, 0.25) is 0 Å². The van der Waals surface area contributed by atoms with Crippen LogP contribution in [-0.2, 0) is 21.4 Å². The normalized spacial score (nSPS) is 11.1. The van der Waals surface area contributed by atoms with Gasteiger partial charge in [-0.25, -0.2) is 8.42 Å². The topological polar surface area (TPSA) is 84.9 Å². The van der Waals surface area contributed by atoms with Crippen molar-refractivity contribution in [2.75, 3.05) is 30.3 Å². The van der Waals surface area contributed by atoms with Gasteiger partial charge >= 0.3 is 0 Å². The Bertz CT molecular complexity index is 958. The van der Waals surface area contributed by atoms with E-state index in [1.807, 2.05) is 51.1 Å². The molecule has 0 fully saturated rings. The predicted molar refractivity (Wildman–Crippen MR) is 123 cm³/mol. The molecule has 1 N–H and O–H groups in total. The molecule has 0 spiro atoms. The van der Waals surface area contributed by atoms with Gasteiger partial charge in [0.1, 0.15) is 0 Å². The predicted octanol–water partition coefficient (Wildman–Crippen LogP) is 3.66. The fourth-order valence-electron chi connectivity index (χ4n) is 3.08. The van der Waals surface area contributed by atoms with Crippen molar-refractivity contribution in [1.29, 1.82) is 0 Å². The molecule has 170 valence electrons. The molecule has 0 unspecified atom stereocenters. The van der Waals surface area contributed by atoms with Gasteiger partial charge in [-0.15, -0.1) is 0 Å². The molecule has 2 aromatic rings. The second-order valence-corrected chi connectivity index (χ2v) is 9.10. The maximum atomic E-state index is 12.3. The summed E-state index contributed by atoms with van der Waals surface area (Å²) in [7, 11) is -3.43. The molecule has 2 aromatic carbocycles. The van der Waals surface area contributed by atoms with Crippen LogP contribution in [-0.4, -0.2) is 40.3 Å². The average molecular weight is 449 g/mol. The molecule has 1 amide bonds. The average Bonchev–Trinajstić information content (AvgIpc) is 2.72. The number of sulfonamides is 1. The molecular weight excluding hydrogens is 416 g/mol. The van der Waals surface area contributed by atoms with Crippen LogP contribution in [0, 0.1) is 6.92 Å². The van der Waals surface area contributed by atoms with Gasteiger partial charge in [0.05, 0.1) is 25.2 Å². The Kier molecular flexibility index (Phi) is 9.18. The number of ether oxygens (including phenoxy) is 2. The van der Waals surface area contributed by atoms with Crippen molar-refractivity contribution in [3.63, 3.8) is 0 Å². The van der Waals surface area contributed by atoms with E-state index in [2.05, 4.69) is 5.32 Å². The molecular formula is C23H32N2O5S. The third kappa shape index (κ3) is 7.79. The number of amides is 1. The third-order valence-corrected chi connectivity index (χ3v) is 5.78. The summed E-state index contributed by atoms with van der Waals surface area (Å²) in [5.41, 5.74) is 2.56. The zero-order chi connectivity index (χ0) is 22.9. The van der Waals surface area contributed by atoms with Crippen LogP contribution in [0.5, 0.6) is 11.5 Å². The van der Waals surface area contributed by atoms with Gasteiger partial charge in [-0.3, -0.25) is 9.10 Å². The number of carbonyl (C=O) groups is 1. The Morgan fingerprint density at radius 1 is 1.00 bits per heavy atom. The van der Waals surface area contributed by atoms with E-state index in [0.29, 0.717) is 43.4 Å². The Morgan fingerprint density at radius 3 is 2.26 bits per heavy atom. The standard InChI is InChI=1S/C23H32N2O5S/c1-5-29-21-14-11-19(16-22(21)30-6-2)17-24-23(26)8-7-15-25(31(4,27)28)20-12-9-18(3)10-13-20/h9-14,16H,5-8,15,17H2,1-4H3,(H,24,26). The van der Waals surface area contributed by atoms with E-state index in [1.54, 1.807) is 12.1 Å². The van der Waals surface area contributed by atoms with Crippen molar-refractivity contribution < 1.29 is 22.7 Å². The Balaban J connectivity index is 1.89. The van der Waals surface area contributed by atoms with Crippen LogP contribution < -0.4 is 19.1 Å². The number of hydrogen-bond acceptors (Lipinski definition) is 5. The highest BCUT2D eigenvalue weighted by atomic mass is 32.2. The summed E-state index contributed by atoms with van der Waals surface area (Å²) in [4.78, 5) is 12.3. The highest BCUT2D eigenvalue weighted by Crippen LogP contribution is 2.28. The van der Waals surface area contributed by atoms with Gasteiger partial charge in [0, 0.05) is 19.5 Å². The van der Waals surface area contributed by atoms with Crippen LogP contribution >= 0.6 is 0 Å². The summed E-state index contributed by atoms with van der Waals surface area (Å²) in [5, 5.41) is 2.88. The lowest BCUT2D eigenvalue weighted by Crippen LogP contribution is -2.32. The summed E-state index contributed by atoms with van der Waals surface area (Å²) in [6.45, 7) is 7.43. The summed E-state index contributed by atoms with van der Waals surface area (Å²) < 4.78 is 36.8. The van der Waals surface area contributed by atoms with Gasteiger partial charge in [0.15, 0.2) is 11.5 Å². The van der Waals surface area contributed by atoms with Gasteiger partial charge in [-0.05, 0) is 57.0 Å². The second kappa shape index (κ2) is 11.6. The van der Waals surface area contributed by atoms with Crippen molar-refractivity contribution in [1.82, 2.24) is 5.32 Å². The van der Waals surface area contributed by atoms with Crippen LogP contribution in [0.15, 0.2) is 42.5 Å². The number of benzene rings is 2. The molecule has 0 heterocycles. The molecule has 0 saturated carbocycles. The fraction of sp³-hybridized carbons (Fsp3) is 0.435. The van der Waals surface area contributed by atoms with E-state index < -0.39 is 10.0 Å². The second-order valence-electron chi connectivity index (χ2n) is 7.20. The zero-order valence-electron chi connectivity index (χ0n) is 18.7. The maximum Gasteiger partial charge on any atom is 0.232 e. The smallest absolute Gasteiger partial charge is 0.232 e. The minimum atomic E-state index is -3.43. The fourth-order valence-corrected chi connectivity index (χ4v) is 4.04. The quantitative estimate of drug-likeness (QED) is 0.536. The van der Waals surface area contributed by atoms with Crippen LogP contribution in [0.4, 0.5) is 5.69 Å². The summed E-state index contributed by atoms with van der Waals surface area (Å²) >= 11 is 0. The number of hydrogen-bond donors (Lipinski definition) is 1. The van der Waals surface area contributed by atoms with E-state index in [4.69, 9.17) is 9.47 Å². The first-order chi connectivity index (χ1) is 14.7.